The minimum Gasteiger partial charge on any atom is -0.455 e. The van der Waals surface area contributed by atoms with Crippen molar-refractivity contribution in [3.05, 3.63) is 212 Å². The van der Waals surface area contributed by atoms with E-state index in [0.29, 0.717) is 0 Å². The molecule has 0 saturated carbocycles. The Kier molecular flexibility index (Phi) is 7.57. The second-order valence-electron chi connectivity index (χ2n) is 16.0. The van der Waals surface area contributed by atoms with E-state index in [-0.39, 0.29) is 0 Å². The molecule has 0 radical (unpaired) electrons. The van der Waals surface area contributed by atoms with Crippen LogP contribution in [0.2, 0.25) is 0 Å². The van der Waals surface area contributed by atoms with Crippen molar-refractivity contribution in [2.75, 3.05) is 4.90 Å². The van der Waals surface area contributed by atoms with Crippen molar-refractivity contribution in [3.63, 3.8) is 0 Å². The fourth-order valence-electron chi connectivity index (χ4n) is 9.55. The number of benzene rings is 10. The maximum absolute atomic E-state index is 6.80. The Bertz CT molecular complexity index is 3710. The summed E-state index contributed by atoms with van der Waals surface area (Å²) in [6.45, 7) is 0. The summed E-state index contributed by atoms with van der Waals surface area (Å²) >= 11 is 0. The third kappa shape index (κ3) is 5.33. The lowest BCUT2D eigenvalue weighted by atomic mass is 9.98. The van der Waals surface area contributed by atoms with Crippen LogP contribution in [0.25, 0.3) is 110 Å². The number of rotatable bonds is 6. The van der Waals surface area contributed by atoms with Gasteiger partial charge in [0.25, 0.3) is 0 Å². The molecule has 3 aromatic heterocycles. The van der Waals surface area contributed by atoms with Gasteiger partial charge >= 0.3 is 0 Å². The van der Waals surface area contributed by atoms with Crippen LogP contribution in [0.4, 0.5) is 17.1 Å². The first kappa shape index (κ1) is 34.5. The van der Waals surface area contributed by atoms with Gasteiger partial charge in [-0.05, 0) is 76.5 Å². The number of hydrogen-bond acceptors (Lipinski definition) is 4. The lowest BCUT2D eigenvalue weighted by Crippen LogP contribution is -2.11. The van der Waals surface area contributed by atoms with E-state index in [1.165, 1.54) is 5.39 Å². The SMILES string of the molecule is c1ccc(N(c2ccc(-c3cccc4c3oc3ccccc34)cc2)c2ccc(-c3cccc4c3oc3ccccc34)cc2)c(-c2cccc3c2oc2cc4ccccc4cc23)c1. The molecule has 0 fully saturated rings. The van der Waals surface area contributed by atoms with E-state index >= 15 is 0 Å². The summed E-state index contributed by atoms with van der Waals surface area (Å²) in [5.74, 6) is 0. The van der Waals surface area contributed by atoms with Gasteiger partial charge in [-0.2, -0.15) is 0 Å². The largest absolute Gasteiger partial charge is 0.455 e. The fraction of sp³-hybridized carbons (Fsp3) is 0. The van der Waals surface area contributed by atoms with Crippen LogP contribution in [0.15, 0.2) is 226 Å². The number of furan rings is 3. The van der Waals surface area contributed by atoms with Crippen LogP contribution in [0.1, 0.15) is 0 Å². The summed E-state index contributed by atoms with van der Waals surface area (Å²) in [6.07, 6.45) is 0. The Hall–Kier alpha value is -8.34. The van der Waals surface area contributed by atoms with Gasteiger partial charge in [-0.3, -0.25) is 0 Å². The molecule has 0 N–H and O–H groups in total. The number of para-hydroxylation sites is 6. The first-order valence-electron chi connectivity index (χ1n) is 21.0. The van der Waals surface area contributed by atoms with E-state index in [0.717, 1.165) is 122 Å². The highest BCUT2D eigenvalue weighted by Crippen LogP contribution is 2.46. The number of anilines is 3. The maximum atomic E-state index is 6.80. The van der Waals surface area contributed by atoms with Gasteiger partial charge < -0.3 is 18.2 Å². The summed E-state index contributed by atoms with van der Waals surface area (Å²) in [7, 11) is 0. The maximum Gasteiger partial charge on any atom is 0.143 e. The van der Waals surface area contributed by atoms with Gasteiger partial charge in [0.1, 0.15) is 33.5 Å². The molecule has 62 heavy (non-hydrogen) atoms. The van der Waals surface area contributed by atoms with E-state index in [1.54, 1.807) is 0 Å². The Morgan fingerprint density at radius 3 is 1.29 bits per heavy atom. The van der Waals surface area contributed by atoms with Crippen molar-refractivity contribution in [2.45, 2.75) is 0 Å². The highest BCUT2D eigenvalue weighted by molar-refractivity contribution is 6.15. The molecular formula is C58H35NO3. The molecule has 4 heteroatoms. The molecule has 13 aromatic rings. The predicted octanol–water partition coefficient (Wildman–Crippen LogP) is 17.0. The van der Waals surface area contributed by atoms with Crippen molar-refractivity contribution in [3.8, 4) is 33.4 Å². The Morgan fingerprint density at radius 2 is 0.694 bits per heavy atom. The Morgan fingerprint density at radius 1 is 0.274 bits per heavy atom. The van der Waals surface area contributed by atoms with Crippen molar-refractivity contribution >= 4 is 93.7 Å². The average molecular weight is 794 g/mol. The van der Waals surface area contributed by atoms with Gasteiger partial charge in [0.2, 0.25) is 0 Å². The van der Waals surface area contributed by atoms with Crippen LogP contribution in [0, 0.1) is 0 Å². The summed E-state index contributed by atoms with van der Waals surface area (Å²) in [6, 6.07) is 74.9. The van der Waals surface area contributed by atoms with E-state index in [2.05, 4.69) is 193 Å². The van der Waals surface area contributed by atoms with Crippen molar-refractivity contribution in [1.29, 1.82) is 0 Å². The van der Waals surface area contributed by atoms with E-state index in [9.17, 15) is 0 Å². The van der Waals surface area contributed by atoms with Gasteiger partial charge in [0.05, 0.1) is 5.69 Å². The third-order valence-electron chi connectivity index (χ3n) is 12.5. The molecule has 0 spiro atoms. The molecule has 0 atom stereocenters. The molecule has 0 aliphatic rings. The number of fused-ring (bicyclic) bond motifs is 10. The minimum atomic E-state index is 0.869. The Labute approximate surface area is 356 Å². The Balaban J connectivity index is 0.976. The van der Waals surface area contributed by atoms with E-state index in [4.69, 9.17) is 13.3 Å². The smallest absolute Gasteiger partial charge is 0.143 e. The first-order chi connectivity index (χ1) is 30.7. The lowest BCUT2D eigenvalue weighted by molar-refractivity contribution is 0.669. The van der Waals surface area contributed by atoms with Gasteiger partial charge in [-0.1, -0.05) is 158 Å². The molecule has 0 amide bonds. The molecule has 0 aliphatic carbocycles. The molecular weight excluding hydrogens is 759 g/mol. The zero-order valence-electron chi connectivity index (χ0n) is 33.4. The van der Waals surface area contributed by atoms with Gasteiger partial charge in [0, 0.05) is 65.9 Å². The quantitative estimate of drug-likeness (QED) is 0.168. The van der Waals surface area contributed by atoms with Gasteiger partial charge in [-0.25, -0.2) is 0 Å². The summed E-state index contributed by atoms with van der Waals surface area (Å²) < 4.78 is 19.7. The fourth-order valence-corrected chi connectivity index (χ4v) is 9.55. The van der Waals surface area contributed by atoms with Gasteiger partial charge in [0.15, 0.2) is 0 Å². The summed E-state index contributed by atoms with van der Waals surface area (Å²) in [5, 5.41) is 9.03. The normalized spacial score (nSPS) is 11.9. The van der Waals surface area contributed by atoms with Crippen LogP contribution in [-0.2, 0) is 0 Å². The molecule has 3 heterocycles. The van der Waals surface area contributed by atoms with Crippen LogP contribution in [0.5, 0.6) is 0 Å². The van der Waals surface area contributed by atoms with Crippen molar-refractivity contribution in [2.24, 2.45) is 0 Å². The third-order valence-corrected chi connectivity index (χ3v) is 12.5. The van der Waals surface area contributed by atoms with Gasteiger partial charge in [-0.15, -0.1) is 0 Å². The second kappa shape index (κ2) is 13.6. The predicted molar refractivity (Wildman–Crippen MR) is 257 cm³/mol. The minimum absolute atomic E-state index is 0.869. The summed E-state index contributed by atoms with van der Waals surface area (Å²) in [5.41, 5.74) is 14.8. The topological polar surface area (TPSA) is 42.7 Å². The van der Waals surface area contributed by atoms with Crippen LogP contribution in [-0.4, -0.2) is 0 Å². The molecule has 0 saturated heterocycles. The number of hydrogen-bond donors (Lipinski definition) is 0. The molecule has 10 aromatic carbocycles. The second-order valence-corrected chi connectivity index (χ2v) is 16.0. The standard InChI is InChI=1S/C58H35NO3/c1-2-13-39-35-55-51(34-38(39)12-1)50-22-11-19-47(58(50)62-55)44-14-3-6-23-52(44)59(40-30-26-36(27-31-40)42-17-9-20-48-45-15-4-7-24-53(45)60-56(42)48)41-32-28-37(29-33-41)43-18-10-21-49-46-16-5-8-25-54(46)61-57(43)49/h1-35H. The molecule has 0 bridgehead atoms. The molecule has 0 unspecified atom stereocenters. The monoisotopic (exact) mass is 793 g/mol. The van der Waals surface area contributed by atoms with Crippen molar-refractivity contribution in [1.82, 2.24) is 0 Å². The number of nitrogens with zero attached hydrogens (tertiary/aromatic N) is 1. The average Bonchev–Trinajstić information content (AvgIpc) is 4.03. The van der Waals surface area contributed by atoms with Crippen LogP contribution >= 0.6 is 0 Å². The van der Waals surface area contributed by atoms with Crippen molar-refractivity contribution < 1.29 is 13.3 Å². The highest BCUT2D eigenvalue weighted by atomic mass is 16.3. The zero-order chi connectivity index (χ0) is 40.7. The van der Waals surface area contributed by atoms with Crippen LogP contribution < -0.4 is 4.90 Å². The lowest BCUT2D eigenvalue weighted by Gasteiger charge is -2.28. The van der Waals surface area contributed by atoms with E-state index < -0.39 is 0 Å². The molecule has 4 nitrogen and oxygen atoms in total. The van der Waals surface area contributed by atoms with E-state index in [1.807, 2.05) is 24.3 Å². The zero-order valence-corrected chi connectivity index (χ0v) is 33.4. The van der Waals surface area contributed by atoms with Crippen LogP contribution in [0.3, 0.4) is 0 Å². The molecule has 290 valence electrons. The molecule has 13 rings (SSSR count). The first-order valence-corrected chi connectivity index (χ1v) is 21.0. The molecule has 0 aliphatic heterocycles. The highest BCUT2D eigenvalue weighted by Gasteiger charge is 2.22. The summed E-state index contributed by atoms with van der Waals surface area (Å²) in [4.78, 5) is 2.35.